The Morgan fingerprint density at radius 2 is 1.50 bits per heavy atom. The van der Waals surface area contributed by atoms with Gasteiger partial charge in [0.2, 0.25) is 0 Å². The van der Waals surface area contributed by atoms with Crippen LogP contribution in [-0.2, 0) is 0 Å². The number of rotatable bonds is 0. The lowest BCUT2D eigenvalue weighted by atomic mass is 10.5. The second kappa shape index (κ2) is 3.67. The number of carbonyl (C=O) groups excluding carboxylic acids is 1. The minimum Gasteiger partial charge on any atom is -0.256 e. The summed E-state index contributed by atoms with van der Waals surface area (Å²) in [5.74, 6) is 0. The molecule has 16 heavy (non-hydrogen) atoms. The summed E-state index contributed by atoms with van der Waals surface area (Å²) in [6.45, 7) is 0. The fraction of sp³-hybridized carbons (Fsp3) is 0. The maximum absolute atomic E-state index is 11.7. The van der Waals surface area contributed by atoms with Crippen LogP contribution in [0, 0.1) is 22.7 Å². The Morgan fingerprint density at radius 3 is 1.81 bits per heavy atom. The largest absolute Gasteiger partial charge is 0.338 e. The molecule has 0 N–H and O–H groups in total. The average Bonchev–Trinajstić information content (AvgIpc) is 2.97. The number of imidazole rings is 2. The van der Waals surface area contributed by atoms with Crippen molar-refractivity contribution in [3.63, 3.8) is 0 Å². The van der Waals surface area contributed by atoms with E-state index in [0.29, 0.717) is 0 Å². The normalized spacial score (nSPS) is 9.38. The molecule has 76 valence electrons. The number of hydrogen-bond acceptors (Lipinski definition) is 5. The molecule has 0 saturated carbocycles. The second-order valence-corrected chi connectivity index (χ2v) is 2.84. The van der Waals surface area contributed by atoms with Gasteiger partial charge in [0.05, 0.1) is 12.4 Å². The first kappa shape index (κ1) is 9.62. The van der Waals surface area contributed by atoms with E-state index in [1.54, 1.807) is 0 Å². The van der Waals surface area contributed by atoms with Gasteiger partial charge in [0.1, 0.15) is 24.8 Å². The van der Waals surface area contributed by atoms with Crippen LogP contribution >= 0.6 is 0 Å². The fourth-order valence-corrected chi connectivity index (χ4v) is 1.10. The summed E-state index contributed by atoms with van der Waals surface area (Å²) in [6, 6.07) is 3.16. The van der Waals surface area contributed by atoms with Crippen LogP contribution in [0.4, 0.5) is 4.79 Å². The molecule has 2 rings (SSSR count). The third kappa shape index (κ3) is 1.53. The topological polar surface area (TPSA) is 100 Å². The number of hydrogen-bond donors (Lipinski definition) is 0. The van der Waals surface area contributed by atoms with Crippen LogP contribution in [0.3, 0.4) is 0 Å². The SMILES string of the molecule is N#Cc1cn(C(=O)n2cnc(C#N)c2)cn1. The Kier molecular flexibility index (Phi) is 2.21. The highest BCUT2D eigenvalue weighted by atomic mass is 16.2. The van der Waals surface area contributed by atoms with Gasteiger partial charge in [-0.05, 0) is 0 Å². The highest BCUT2D eigenvalue weighted by Crippen LogP contribution is 1.99. The van der Waals surface area contributed by atoms with Gasteiger partial charge < -0.3 is 0 Å². The molecule has 0 amide bonds. The van der Waals surface area contributed by atoms with Crippen molar-refractivity contribution in [3.8, 4) is 12.1 Å². The summed E-state index contributed by atoms with van der Waals surface area (Å²) in [5.41, 5.74) is 0.294. The van der Waals surface area contributed by atoms with Gasteiger partial charge in [-0.25, -0.2) is 14.8 Å². The van der Waals surface area contributed by atoms with Crippen molar-refractivity contribution >= 4 is 6.03 Å². The van der Waals surface area contributed by atoms with E-state index in [2.05, 4.69) is 9.97 Å². The van der Waals surface area contributed by atoms with Crippen molar-refractivity contribution in [2.75, 3.05) is 0 Å². The van der Waals surface area contributed by atoms with Gasteiger partial charge in [-0.1, -0.05) is 0 Å². The summed E-state index contributed by atoms with van der Waals surface area (Å²) >= 11 is 0. The Morgan fingerprint density at radius 1 is 1.06 bits per heavy atom. The van der Waals surface area contributed by atoms with E-state index < -0.39 is 6.03 Å². The van der Waals surface area contributed by atoms with Gasteiger partial charge in [-0.15, -0.1) is 0 Å². The standard InChI is InChI=1S/C9H4N6O/c10-1-7-3-14(5-12-7)9(16)15-4-8(2-11)13-6-15/h3-6H. The summed E-state index contributed by atoms with van der Waals surface area (Å²) in [6.07, 6.45) is 5.06. The zero-order chi connectivity index (χ0) is 11.5. The number of carbonyl (C=O) groups is 1. The van der Waals surface area contributed by atoms with Crippen LogP contribution in [0.1, 0.15) is 11.4 Å². The molecule has 0 fully saturated rings. The molecule has 0 aliphatic rings. The Bertz CT molecular complexity index is 569. The summed E-state index contributed by atoms with van der Waals surface area (Å²) in [4.78, 5) is 19.1. The summed E-state index contributed by atoms with van der Waals surface area (Å²) in [7, 11) is 0. The smallest absolute Gasteiger partial charge is 0.256 e. The Labute approximate surface area is 89.8 Å². The molecule has 0 bridgehead atoms. The predicted octanol–water partition coefficient (Wildman–Crippen LogP) is 0.339. The van der Waals surface area contributed by atoms with Crippen LogP contribution in [0.15, 0.2) is 25.0 Å². The van der Waals surface area contributed by atoms with Crippen LogP contribution in [-0.4, -0.2) is 25.1 Å². The van der Waals surface area contributed by atoms with Crippen LogP contribution < -0.4 is 0 Å². The molecule has 7 heteroatoms. The van der Waals surface area contributed by atoms with Gasteiger partial charge in [0.15, 0.2) is 11.4 Å². The lowest BCUT2D eigenvalue weighted by Gasteiger charge is -1.98. The zero-order valence-corrected chi connectivity index (χ0v) is 7.90. The van der Waals surface area contributed by atoms with E-state index in [1.807, 2.05) is 12.1 Å². The van der Waals surface area contributed by atoms with Gasteiger partial charge in [0, 0.05) is 0 Å². The maximum atomic E-state index is 11.7. The zero-order valence-electron chi connectivity index (χ0n) is 7.90. The molecule has 0 saturated heterocycles. The van der Waals surface area contributed by atoms with Crippen molar-refractivity contribution in [2.24, 2.45) is 0 Å². The first-order chi connectivity index (χ1) is 7.74. The molecule has 0 radical (unpaired) electrons. The lowest BCUT2D eigenvalue weighted by Crippen LogP contribution is -2.15. The first-order valence-electron chi connectivity index (χ1n) is 4.17. The highest BCUT2D eigenvalue weighted by Gasteiger charge is 2.09. The van der Waals surface area contributed by atoms with Gasteiger partial charge >= 0.3 is 6.03 Å². The van der Waals surface area contributed by atoms with E-state index in [4.69, 9.17) is 10.5 Å². The number of nitrogens with zero attached hydrogens (tertiary/aromatic N) is 6. The minimum absolute atomic E-state index is 0.147. The molecular formula is C9H4N6O. The quantitative estimate of drug-likeness (QED) is 0.626. The molecule has 0 unspecified atom stereocenters. The van der Waals surface area contributed by atoms with Gasteiger partial charge in [-0.2, -0.15) is 10.5 Å². The average molecular weight is 212 g/mol. The lowest BCUT2D eigenvalue weighted by molar-refractivity contribution is 0.244. The second-order valence-electron chi connectivity index (χ2n) is 2.84. The highest BCUT2D eigenvalue weighted by molar-refractivity contribution is 5.79. The number of nitriles is 2. The predicted molar refractivity (Wildman–Crippen MR) is 50.1 cm³/mol. The van der Waals surface area contributed by atoms with Crippen LogP contribution in [0.25, 0.3) is 0 Å². The molecule has 7 nitrogen and oxygen atoms in total. The van der Waals surface area contributed by atoms with Crippen molar-refractivity contribution in [1.82, 2.24) is 19.1 Å². The Balaban J connectivity index is 2.33. The monoisotopic (exact) mass is 212 g/mol. The maximum Gasteiger partial charge on any atom is 0.338 e. The third-order valence-electron chi connectivity index (χ3n) is 1.84. The molecule has 2 aromatic rings. The minimum atomic E-state index is -0.456. The molecule has 0 aliphatic heterocycles. The van der Waals surface area contributed by atoms with E-state index in [-0.39, 0.29) is 11.4 Å². The molecular weight excluding hydrogens is 208 g/mol. The van der Waals surface area contributed by atoms with Crippen molar-refractivity contribution < 1.29 is 4.79 Å². The molecule has 0 atom stereocenters. The fourth-order valence-electron chi connectivity index (χ4n) is 1.10. The summed E-state index contributed by atoms with van der Waals surface area (Å²) < 4.78 is 2.28. The Hall–Kier alpha value is -2.93. The molecule has 0 aromatic carbocycles. The van der Waals surface area contributed by atoms with E-state index in [0.717, 1.165) is 9.13 Å². The van der Waals surface area contributed by atoms with E-state index in [9.17, 15) is 4.79 Å². The first-order valence-corrected chi connectivity index (χ1v) is 4.17. The van der Waals surface area contributed by atoms with Crippen molar-refractivity contribution in [1.29, 1.82) is 10.5 Å². The van der Waals surface area contributed by atoms with Crippen molar-refractivity contribution in [2.45, 2.75) is 0 Å². The third-order valence-corrected chi connectivity index (χ3v) is 1.84. The van der Waals surface area contributed by atoms with Gasteiger partial charge in [-0.3, -0.25) is 9.13 Å². The van der Waals surface area contributed by atoms with E-state index >= 15 is 0 Å². The van der Waals surface area contributed by atoms with Crippen LogP contribution in [0.5, 0.6) is 0 Å². The van der Waals surface area contributed by atoms with E-state index in [1.165, 1.54) is 25.0 Å². The molecule has 0 spiro atoms. The van der Waals surface area contributed by atoms with Crippen LogP contribution in [0.2, 0.25) is 0 Å². The van der Waals surface area contributed by atoms with Crippen molar-refractivity contribution in [3.05, 3.63) is 36.4 Å². The molecule has 2 heterocycles. The molecule has 0 aliphatic carbocycles. The van der Waals surface area contributed by atoms with Gasteiger partial charge in [0.25, 0.3) is 0 Å². The summed E-state index contributed by atoms with van der Waals surface area (Å²) in [5, 5.41) is 17.1. The number of aromatic nitrogens is 4. The molecule has 2 aromatic heterocycles.